The van der Waals surface area contributed by atoms with Crippen molar-refractivity contribution < 1.29 is 7.46 Å². The third-order valence-electron chi connectivity index (χ3n) is 7.64. The molecule has 0 radical (unpaired) electrons. The Morgan fingerprint density at radius 2 is 1.79 bits per heavy atom. The summed E-state index contributed by atoms with van der Waals surface area (Å²) in [6.07, 6.45) is 15.3. The van der Waals surface area contributed by atoms with Crippen molar-refractivity contribution >= 4 is 30.6 Å². The maximum absolute atomic E-state index is 13.9. The molecule has 1 aliphatic carbocycles. The van der Waals surface area contributed by atoms with Crippen molar-refractivity contribution in [2.24, 2.45) is 14.9 Å². The standard InChI is InChI=1S/C22H30FIN4O.C12H18N2.C3H4.C2H6/c1-5-9-26-13-18(16-7-8-16)20-11-19(24(25,29)6-2)15(4)22(28-20)17-10-21(23)27-12-14(17)3;1-4-5-14-8-11-7-9(2)6-10(3)12(11)13;1-3-2;1-2/h5,9-12,16,18,26H,6-8,13H2,1-4H3,(H2,25,29);6-8H,4-5,13H2,1-3H3;1H,2H3;1-2H3. The number of aryl methyl sites for hydroxylation is 3. The third kappa shape index (κ3) is 12.8. The van der Waals surface area contributed by atoms with E-state index in [2.05, 4.69) is 53.6 Å². The zero-order chi connectivity index (χ0) is 36.4. The van der Waals surface area contributed by atoms with Crippen molar-refractivity contribution in [1.29, 1.82) is 0 Å². The number of halogens is 2. The summed E-state index contributed by atoms with van der Waals surface area (Å²) in [5, 5.41) is 3.34. The van der Waals surface area contributed by atoms with E-state index in [9.17, 15) is 7.46 Å². The molecule has 0 aliphatic heterocycles. The zero-order valence-electron chi connectivity index (χ0n) is 30.8. The minimum Gasteiger partial charge on any atom is -0.398 e. The van der Waals surface area contributed by atoms with Crippen LogP contribution in [-0.2, 0) is 3.07 Å². The average molecular weight is 773 g/mol. The first kappa shape index (κ1) is 42.5. The van der Waals surface area contributed by atoms with E-state index in [4.69, 9.17) is 14.7 Å². The van der Waals surface area contributed by atoms with Crippen molar-refractivity contribution in [1.82, 2.24) is 15.3 Å². The molecule has 0 amide bonds. The van der Waals surface area contributed by atoms with Crippen molar-refractivity contribution in [3.63, 3.8) is 0 Å². The molecule has 1 fully saturated rings. The number of anilines is 1. The fraction of sp³-hybridized carbons (Fsp3) is 0.462. The minimum atomic E-state index is -3.84. The number of rotatable bonds is 11. The molecule has 264 valence electrons. The predicted molar refractivity (Wildman–Crippen MR) is 212 cm³/mol. The van der Waals surface area contributed by atoms with E-state index >= 15 is 0 Å². The number of nitrogens with zero attached hydrogens (tertiary/aromatic N) is 3. The molecule has 0 spiro atoms. The van der Waals surface area contributed by atoms with Gasteiger partial charge in [-0.15, -0.1) is 12.3 Å². The number of pyridine rings is 2. The molecule has 2 unspecified atom stereocenters. The molecule has 3 aromatic rings. The number of nitrogen functional groups attached to an aromatic ring is 1. The van der Waals surface area contributed by atoms with E-state index < -0.39 is 24.6 Å². The van der Waals surface area contributed by atoms with Gasteiger partial charge < -0.3 is 5.73 Å². The van der Waals surface area contributed by atoms with Gasteiger partial charge in [-0.3, -0.25) is 4.99 Å². The summed E-state index contributed by atoms with van der Waals surface area (Å²) in [7, 11) is 0. The van der Waals surface area contributed by atoms with Crippen molar-refractivity contribution in [3.8, 4) is 23.6 Å². The second-order valence-corrected chi connectivity index (χ2v) is 18.1. The van der Waals surface area contributed by atoms with Gasteiger partial charge in [-0.05, 0) is 38.8 Å². The summed E-state index contributed by atoms with van der Waals surface area (Å²) in [5.74, 6) is 2.45. The van der Waals surface area contributed by atoms with Crippen LogP contribution in [0.4, 0.5) is 10.1 Å². The number of benzene rings is 1. The molecule has 1 aliphatic rings. The maximum Gasteiger partial charge on any atom is 0.0432 e. The number of terminal acetylenes is 1. The Labute approximate surface area is 294 Å². The summed E-state index contributed by atoms with van der Waals surface area (Å²) in [4.78, 5) is 13.0. The number of nitrogens with one attached hydrogen (secondary N) is 1. The second-order valence-electron chi connectivity index (χ2n) is 11.5. The number of alkyl halides is 1. The summed E-state index contributed by atoms with van der Waals surface area (Å²) in [6.45, 7) is 21.1. The molecule has 1 aromatic carbocycles. The number of hydrogen-bond acceptors (Lipinski definition) is 6. The molecule has 2 atom stereocenters. The molecule has 0 saturated heterocycles. The van der Waals surface area contributed by atoms with E-state index in [0.717, 1.165) is 66.0 Å². The van der Waals surface area contributed by atoms with E-state index in [0.29, 0.717) is 25.2 Å². The summed E-state index contributed by atoms with van der Waals surface area (Å²) >= 11 is -3.84. The van der Waals surface area contributed by atoms with E-state index in [1.54, 1.807) is 6.92 Å². The quantitative estimate of drug-likeness (QED) is 0.0340. The Kier molecular flexibility index (Phi) is 19.0. The normalized spacial score (nSPS) is 14.6. The molecular formula is C39H58FIN6O. The molecule has 7 nitrogen and oxygen atoms in total. The molecule has 4 rings (SSSR count). The van der Waals surface area contributed by atoms with Gasteiger partial charge in [-0.1, -0.05) is 32.4 Å². The van der Waals surface area contributed by atoms with Gasteiger partial charge in [-0.25, -0.2) is 0 Å². The number of hydrogen-bond donors (Lipinski definition) is 3. The fourth-order valence-corrected chi connectivity index (χ4v) is 8.31. The van der Waals surface area contributed by atoms with Crippen LogP contribution in [0.5, 0.6) is 0 Å². The zero-order valence-corrected chi connectivity index (χ0v) is 32.9. The van der Waals surface area contributed by atoms with Crippen LogP contribution in [-0.4, -0.2) is 33.7 Å². The second kappa shape index (κ2) is 21.5. The first-order valence-electron chi connectivity index (χ1n) is 16.8. The monoisotopic (exact) mass is 772 g/mol. The van der Waals surface area contributed by atoms with Gasteiger partial charge in [0.05, 0.1) is 0 Å². The van der Waals surface area contributed by atoms with Crippen LogP contribution in [0.3, 0.4) is 0 Å². The molecule has 9 heteroatoms. The van der Waals surface area contributed by atoms with Crippen molar-refractivity contribution in [3.05, 3.63) is 85.8 Å². The summed E-state index contributed by atoms with van der Waals surface area (Å²) in [6, 6.07) is 7.52. The van der Waals surface area contributed by atoms with Gasteiger partial charge in [0.1, 0.15) is 0 Å². The molecule has 0 bridgehead atoms. The SMILES string of the molecule is C#CC.CC.CC=CNCC(c1cc(I(N)(=O)CC)c(C)c(-c2cc(F)ncc2C)n1)C1CC1.CCCN=Cc1cc(C)cc(C)c1N. The Bertz CT molecular complexity index is 1610. The Morgan fingerprint density at radius 3 is 2.35 bits per heavy atom. The fourth-order valence-electron chi connectivity index (χ4n) is 5.01. The van der Waals surface area contributed by atoms with Gasteiger partial charge in [-0.2, -0.15) is 0 Å². The van der Waals surface area contributed by atoms with Crippen LogP contribution >= 0.6 is 18.7 Å². The van der Waals surface area contributed by atoms with Crippen LogP contribution in [0.2, 0.25) is 0 Å². The minimum absolute atomic E-state index is 0.199. The smallest absolute Gasteiger partial charge is 0.0432 e. The van der Waals surface area contributed by atoms with Gasteiger partial charge in [0.15, 0.2) is 0 Å². The first-order chi connectivity index (χ1) is 22.8. The van der Waals surface area contributed by atoms with Crippen LogP contribution in [0.15, 0.2) is 47.7 Å². The van der Waals surface area contributed by atoms with Crippen molar-refractivity contribution in [2.45, 2.75) is 94.4 Å². The molecule has 2 aromatic heterocycles. The number of nitrogens with two attached hydrogens (primary N) is 2. The Balaban J connectivity index is 0.000000506. The number of allylic oxidation sites excluding steroid dienone is 1. The summed E-state index contributed by atoms with van der Waals surface area (Å²) in [5.41, 5.74) is 14.0. The van der Waals surface area contributed by atoms with E-state index in [1.807, 2.05) is 73.0 Å². The predicted octanol–water partition coefficient (Wildman–Crippen LogP) is 9.35. The Morgan fingerprint density at radius 1 is 1.15 bits per heavy atom. The van der Waals surface area contributed by atoms with Crippen molar-refractivity contribution in [2.75, 3.05) is 23.3 Å². The van der Waals surface area contributed by atoms with Gasteiger partial charge in [0.25, 0.3) is 0 Å². The van der Waals surface area contributed by atoms with E-state index in [-0.39, 0.29) is 5.92 Å². The summed E-state index contributed by atoms with van der Waals surface area (Å²) < 4.78 is 34.7. The van der Waals surface area contributed by atoms with Gasteiger partial charge in [0.2, 0.25) is 0 Å². The molecular weight excluding hydrogens is 714 g/mol. The molecule has 5 N–H and O–H groups in total. The van der Waals surface area contributed by atoms with Gasteiger partial charge in [0, 0.05) is 24.0 Å². The topological polar surface area (TPSA) is 119 Å². The molecule has 48 heavy (non-hydrogen) atoms. The molecule has 2 heterocycles. The van der Waals surface area contributed by atoms with Crippen LogP contribution in [0.25, 0.3) is 11.3 Å². The largest absolute Gasteiger partial charge is 0.398 e. The van der Waals surface area contributed by atoms with Crippen LogP contribution in [0, 0.1) is 55.5 Å². The maximum atomic E-state index is 13.9. The van der Waals surface area contributed by atoms with Crippen LogP contribution < -0.4 is 15.0 Å². The number of aromatic nitrogens is 2. The third-order valence-corrected chi connectivity index (χ3v) is 13.0. The number of aliphatic imine (C=N–C) groups is 1. The molecule has 1 saturated carbocycles. The average Bonchev–Trinajstić information content (AvgIpc) is 3.90. The first-order valence-corrected chi connectivity index (χ1v) is 21.5. The Hall–Kier alpha value is -3.49. The van der Waals surface area contributed by atoms with Crippen LogP contribution in [0.1, 0.15) is 100 Å². The van der Waals surface area contributed by atoms with E-state index in [1.165, 1.54) is 17.8 Å². The van der Waals surface area contributed by atoms with Gasteiger partial charge >= 0.3 is 177 Å².